The summed E-state index contributed by atoms with van der Waals surface area (Å²) in [5.41, 5.74) is 2.48. The van der Waals surface area contributed by atoms with E-state index in [2.05, 4.69) is 23.1 Å². The average Bonchev–Trinajstić information content (AvgIpc) is 3.02. The fraction of sp³-hybridized carbons (Fsp3) is 0.667. The average molecular weight is 391 g/mol. The molecule has 1 aromatic carbocycles. The van der Waals surface area contributed by atoms with Gasteiger partial charge in [-0.2, -0.15) is 0 Å². The van der Waals surface area contributed by atoms with Gasteiger partial charge in [-0.3, -0.25) is 4.79 Å². The first kappa shape index (κ1) is 18.8. The monoisotopic (exact) mass is 390 g/mol. The minimum absolute atomic E-state index is 0.112. The molecule has 3 aliphatic rings. The number of hydrogen-bond donors (Lipinski definition) is 0. The lowest BCUT2D eigenvalue weighted by Crippen LogP contribution is -2.52. The number of amides is 1. The molecule has 0 spiro atoms. The van der Waals surface area contributed by atoms with Crippen molar-refractivity contribution >= 4 is 21.4 Å². The number of anilines is 1. The summed E-state index contributed by atoms with van der Waals surface area (Å²) < 4.78 is 24.1. The first-order valence-corrected chi connectivity index (χ1v) is 12.2. The van der Waals surface area contributed by atoms with Crippen molar-refractivity contribution in [2.24, 2.45) is 0 Å². The summed E-state index contributed by atoms with van der Waals surface area (Å²) >= 11 is 0. The van der Waals surface area contributed by atoms with Gasteiger partial charge in [0, 0.05) is 24.3 Å². The number of nitrogens with zero attached hydrogens (tertiary/aromatic N) is 2. The molecular weight excluding hydrogens is 360 g/mol. The van der Waals surface area contributed by atoms with Crippen LogP contribution in [0.4, 0.5) is 5.69 Å². The van der Waals surface area contributed by atoms with Crippen molar-refractivity contribution in [1.82, 2.24) is 4.90 Å². The largest absolute Gasteiger partial charge is 0.362 e. The highest BCUT2D eigenvalue weighted by molar-refractivity contribution is 7.91. The van der Waals surface area contributed by atoms with Crippen LogP contribution in [-0.4, -0.2) is 55.9 Å². The van der Waals surface area contributed by atoms with Crippen molar-refractivity contribution in [3.8, 4) is 0 Å². The van der Waals surface area contributed by atoms with Crippen LogP contribution in [0.5, 0.6) is 0 Å². The zero-order chi connectivity index (χ0) is 18.9. The third kappa shape index (κ3) is 4.15. The lowest BCUT2D eigenvalue weighted by atomic mass is 9.92. The highest BCUT2D eigenvalue weighted by Gasteiger charge is 2.39. The molecule has 148 valence electrons. The van der Waals surface area contributed by atoms with Gasteiger partial charge in [0.05, 0.1) is 18.1 Å². The number of para-hydroxylation sites is 1. The van der Waals surface area contributed by atoms with Crippen molar-refractivity contribution in [1.29, 1.82) is 0 Å². The van der Waals surface area contributed by atoms with E-state index in [0.717, 1.165) is 45.1 Å². The lowest BCUT2D eigenvalue weighted by molar-refractivity contribution is -0.135. The Morgan fingerprint density at radius 2 is 1.81 bits per heavy atom. The summed E-state index contributed by atoms with van der Waals surface area (Å²) in [5, 5.41) is 0. The molecule has 1 aromatic rings. The molecular formula is C21H30N2O3S. The van der Waals surface area contributed by atoms with Crippen LogP contribution in [0, 0.1) is 0 Å². The molecule has 1 saturated heterocycles. The molecule has 0 bridgehead atoms. The van der Waals surface area contributed by atoms with E-state index in [1.807, 2.05) is 11.0 Å². The van der Waals surface area contributed by atoms with Gasteiger partial charge in [0.15, 0.2) is 9.84 Å². The minimum atomic E-state index is -3.00. The third-order valence-electron chi connectivity index (χ3n) is 6.39. The van der Waals surface area contributed by atoms with E-state index in [-0.39, 0.29) is 29.5 Å². The standard InChI is InChI=1S/C21H30N2O3S/c24-21(15-22-13-6-8-17-7-4-5-11-20(17)22)23(18-9-2-1-3-10-18)19-12-14-27(25,26)16-19/h4-5,7,11,18-19H,1-3,6,8-10,12-16H2. The number of carbonyl (C=O) groups is 1. The Hall–Kier alpha value is -1.56. The number of fused-ring (bicyclic) bond motifs is 1. The molecule has 5 nitrogen and oxygen atoms in total. The molecule has 0 N–H and O–H groups in total. The van der Waals surface area contributed by atoms with Crippen molar-refractivity contribution in [2.75, 3.05) is 29.5 Å². The second-order valence-electron chi connectivity index (χ2n) is 8.30. The maximum Gasteiger partial charge on any atom is 0.242 e. The Bertz CT molecular complexity index is 786. The van der Waals surface area contributed by atoms with Crippen LogP contribution < -0.4 is 4.90 Å². The van der Waals surface area contributed by atoms with Crippen molar-refractivity contribution in [3.63, 3.8) is 0 Å². The lowest BCUT2D eigenvalue weighted by Gasteiger charge is -2.40. The summed E-state index contributed by atoms with van der Waals surface area (Å²) in [7, 11) is -3.00. The molecule has 2 fully saturated rings. The summed E-state index contributed by atoms with van der Waals surface area (Å²) in [6.07, 6.45) is 8.25. The third-order valence-corrected chi connectivity index (χ3v) is 8.14. The van der Waals surface area contributed by atoms with Crippen molar-refractivity contribution in [2.45, 2.75) is 63.5 Å². The normalized spacial score (nSPS) is 25.2. The molecule has 2 aliphatic heterocycles. The molecule has 1 unspecified atom stereocenters. The van der Waals surface area contributed by atoms with Gasteiger partial charge in [-0.25, -0.2) is 8.42 Å². The second-order valence-corrected chi connectivity index (χ2v) is 10.5. The van der Waals surface area contributed by atoms with Crippen LogP contribution >= 0.6 is 0 Å². The fourth-order valence-electron chi connectivity index (χ4n) is 5.08. The van der Waals surface area contributed by atoms with Crippen LogP contribution in [0.3, 0.4) is 0 Å². The predicted molar refractivity (Wildman–Crippen MR) is 108 cm³/mol. The van der Waals surface area contributed by atoms with E-state index in [0.29, 0.717) is 13.0 Å². The van der Waals surface area contributed by atoms with Gasteiger partial charge >= 0.3 is 0 Å². The molecule has 6 heteroatoms. The van der Waals surface area contributed by atoms with Gasteiger partial charge in [-0.15, -0.1) is 0 Å². The van der Waals surface area contributed by atoms with Crippen LogP contribution in [0.2, 0.25) is 0 Å². The van der Waals surface area contributed by atoms with Crippen LogP contribution in [-0.2, 0) is 21.1 Å². The number of aryl methyl sites for hydroxylation is 1. The van der Waals surface area contributed by atoms with Crippen LogP contribution in [0.15, 0.2) is 24.3 Å². The molecule has 1 atom stereocenters. The number of benzene rings is 1. The highest BCUT2D eigenvalue weighted by Crippen LogP contribution is 2.30. The Kier molecular flexibility index (Phi) is 5.44. The fourth-order valence-corrected chi connectivity index (χ4v) is 6.79. The van der Waals surface area contributed by atoms with E-state index < -0.39 is 9.84 Å². The first-order valence-electron chi connectivity index (χ1n) is 10.4. The number of hydrogen-bond acceptors (Lipinski definition) is 4. The van der Waals surface area contributed by atoms with Gasteiger partial charge in [-0.05, 0) is 43.7 Å². The molecule has 1 amide bonds. The Morgan fingerprint density at radius 1 is 1.04 bits per heavy atom. The van der Waals surface area contributed by atoms with Crippen molar-refractivity contribution < 1.29 is 13.2 Å². The number of carbonyl (C=O) groups excluding carboxylic acids is 1. The van der Waals surface area contributed by atoms with Crippen LogP contribution in [0.25, 0.3) is 0 Å². The van der Waals surface area contributed by atoms with Gasteiger partial charge in [0.1, 0.15) is 0 Å². The van der Waals surface area contributed by atoms with Gasteiger partial charge < -0.3 is 9.80 Å². The first-order chi connectivity index (χ1) is 13.0. The molecule has 1 aliphatic carbocycles. The summed E-state index contributed by atoms with van der Waals surface area (Å²) in [6, 6.07) is 8.42. The topological polar surface area (TPSA) is 57.7 Å². The zero-order valence-electron chi connectivity index (χ0n) is 16.0. The van der Waals surface area contributed by atoms with Gasteiger partial charge in [0.25, 0.3) is 0 Å². The van der Waals surface area contributed by atoms with Gasteiger partial charge in [0.2, 0.25) is 5.91 Å². The summed E-state index contributed by atoms with van der Waals surface area (Å²) in [6.45, 7) is 1.26. The molecule has 27 heavy (non-hydrogen) atoms. The van der Waals surface area contributed by atoms with E-state index in [4.69, 9.17) is 0 Å². The summed E-state index contributed by atoms with van der Waals surface area (Å²) in [4.78, 5) is 17.6. The molecule has 2 heterocycles. The van der Waals surface area contributed by atoms with E-state index in [1.54, 1.807) is 0 Å². The van der Waals surface area contributed by atoms with E-state index in [9.17, 15) is 13.2 Å². The Morgan fingerprint density at radius 3 is 2.56 bits per heavy atom. The number of rotatable bonds is 4. The SMILES string of the molecule is O=C(CN1CCCc2ccccc21)N(C1CCCCC1)C1CCS(=O)(=O)C1. The molecule has 0 radical (unpaired) electrons. The predicted octanol–water partition coefficient (Wildman–Crippen LogP) is 2.79. The quantitative estimate of drug-likeness (QED) is 0.793. The molecule has 0 aromatic heterocycles. The minimum Gasteiger partial charge on any atom is -0.362 e. The van der Waals surface area contributed by atoms with Crippen molar-refractivity contribution in [3.05, 3.63) is 29.8 Å². The van der Waals surface area contributed by atoms with E-state index in [1.165, 1.54) is 17.7 Å². The van der Waals surface area contributed by atoms with Crippen LogP contribution in [0.1, 0.15) is 50.5 Å². The molecule has 1 saturated carbocycles. The second kappa shape index (κ2) is 7.82. The zero-order valence-corrected chi connectivity index (χ0v) is 16.8. The number of sulfone groups is 1. The molecule has 4 rings (SSSR count). The van der Waals surface area contributed by atoms with Gasteiger partial charge in [-0.1, -0.05) is 37.5 Å². The highest BCUT2D eigenvalue weighted by atomic mass is 32.2. The maximum atomic E-state index is 13.4. The smallest absolute Gasteiger partial charge is 0.242 e. The Labute approximate surface area is 162 Å². The van der Waals surface area contributed by atoms with E-state index >= 15 is 0 Å². The Balaban J connectivity index is 1.54. The summed E-state index contributed by atoms with van der Waals surface area (Å²) in [5.74, 6) is 0.479. The maximum absolute atomic E-state index is 13.4.